The second kappa shape index (κ2) is 6.15. The lowest BCUT2D eigenvalue weighted by molar-refractivity contribution is 0.471. The number of hydrogen-bond donors (Lipinski definition) is 2. The van der Waals surface area contributed by atoms with Crippen molar-refractivity contribution in [1.29, 1.82) is 0 Å². The molecule has 0 aromatic heterocycles. The van der Waals surface area contributed by atoms with Gasteiger partial charge in [0.2, 0.25) is 10.0 Å². The Balaban J connectivity index is 2.30. The Labute approximate surface area is 135 Å². The third-order valence-electron chi connectivity index (χ3n) is 2.58. The van der Waals surface area contributed by atoms with Gasteiger partial charge in [-0.2, -0.15) is 0 Å². The zero-order chi connectivity index (χ0) is 15.6. The van der Waals surface area contributed by atoms with Crippen LogP contribution in [0.5, 0.6) is 5.75 Å². The normalized spacial score (nSPS) is 12.0. The number of nitrogens with zero attached hydrogens (tertiary/aromatic N) is 1. The number of benzene rings is 2. The fourth-order valence-corrected chi connectivity index (χ4v) is 2.90. The number of halogens is 2. The third-order valence-corrected chi connectivity index (χ3v) is 4.33. The van der Waals surface area contributed by atoms with Crippen molar-refractivity contribution in [2.45, 2.75) is 4.90 Å². The first kappa shape index (κ1) is 16.0. The first-order valence-corrected chi connectivity index (χ1v) is 8.34. The van der Waals surface area contributed by atoms with E-state index in [-0.39, 0.29) is 10.6 Å². The summed E-state index contributed by atoms with van der Waals surface area (Å²) in [6, 6.07) is 8.85. The fourth-order valence-electron chi connectivity index (χ4n) is 1.55. The minimum absolute atomic E-state index is 0.00907. The van der Waals surface area contributed by atoms with Crippen molar-refractivity contribution in [1.82, 2.24) is 0 Å². The highest BCUT2D eigenvalue weighted by molar-refractivity contribution is 9.10. The van der Waals surface area contributed by atoms with Gasteiger partial charge in [0.1, 0.15) is 5.75 Å². The molecule has 0 radical (unpaired) electrons. The minimum Gasteiger partial charge on any atom is -0.506 e. The van der Waals surface area contributed by atoms with Crippen molar-refractivity contribution in [3.8, 4) is 5.75 Å². The molecule has 2 rings (SSSR count). The summed E-state index contributed by atoms with van der Waals surface area (Å²) in [6.07, 6.45) is 1.43. The zero-order valence-electron chi connectivity index (χ0n) is 10.5. The number of hydrogen-bond acceptors (Lipinski definition) is 4. The lowest BCUT2D eigenvalue weighted by atomic mass is 10.2. The first-order chi connectivity index (χ1) is 9.77. The Morgan fingerprint density at radius 2 is 1.86 bits per heavy atom. The van der Waals surface area contributed by atoms with Gasteiger partial charge in [-0.05, 0) is 52.3 Å². The molecule has 0 fully saturated rings. The molecule has 0 spiro atoms. The van der Waals surface area contributed by atoms with Crippen LogP contribution in [0.15, 0.2) is 50.8 Å². The monoisotopic (exact) mass is 388 g/mol. The maximum absolute atomic E-state index is 11.1. The fraction of sp³-hybridized carbons (Fsp3) is 0. The van der Waals surface area contributed by atoms with E-state index in [1.165, 1.54) is 30.5 Å². The summed E-state index contributed by atoms with van der Waals surface area (Å²) in [5, 5.41) is 15.3. The minimum atomic E-state index is -3.72. The molecule has 0 aliphatic carbocycles. The Morgan fingerprint density at radius 1 is 1.24 bits per heavy atom. The molecule has 0 unspecified atom stereocenters. The van der Waals surface area contributed by atoms with Crippen LogP contribution in [-0.4, -0.2) is 19.7 Å². The molecule has 0 aliphatic heterocycles. The van der Waals surface area contributed by atoms with E-state index in [9.17, 15) is 13.5 Å². The summed E-state index contributed by atoms with van der Waals surface area (Å²) in [4.78, 5) is 4.15. The van der Waals surface area contributed by atoms with Crippen LogP contribution in [0.4, 0.5) is 5.69 Å². The van der Waals surface area contributed by atoms with Crippen molar-refractivity contribution in [2.75, 3.05) is 0 Å². The van der Waals surface area contributed by atoms with Crippen LogP contribution in [0.25, 0.3) is 0 Å². The van der Waals surface area contributed by atoms with Gasteiger partial charge in [-0.1, -0.05) is 11.6 Å². The van der Waals surface area contributed by atoms with Crippen LogP contribution >= 0.6 is 27.5 Å². The van der Waals surface area contributed by atoms with Crippen LogP contribution in [0.3, 0.4) is 0 Å². The average Bonchev–Trinajstić information content (AvgIpc) is 2.40. The van der Waals surface area contributed by atoms with Gasteiger partial charge < -0.3 is 5.11 Å². The van der Waals surface area contributed by atoms with Crippen LogP contribution in [0.2, 0.25) is 5.02 Å². The number of aliphatic imine (C=N–C) groups is 1. The number of primary sulfonamides is 1. The zero-order valence-corrected chi connectivity index (χ0v) is 13.7. The molecule has 21 heavy (non-hydrogen) atoms. The maximum atomic E-state index is 11.1. The largest absolute Gasteiger partial charge is 0.506 e. The molecule has 2 aromatic carbocycles. The molecular weight excluding hydrogens is 380 g/mol. The second-order valence-corrected chi connectivity index (χ2v) is 6.97. The van der Waals surface area contributed by atoms with Crippen molar-refractivity contribution in [2.24, 2.45) is 10.1 Å². The standard InChI is InChI=1S/C13H10BrClN2O3S/c14-12-6-9(15)5-8(13(12)18)7-17-10-1-3-11(4-2-10)21(16,19)20/h1-7,18H,(H2,16,19,20). The van der Waals surface area contributed by atoms with Gasteiger partial charge in [0, 0.05) is 16.8 Å². The molecule has 0 aliphatic rings. The van der Waals surface area contributed by atoms with E-state index in [1.807, 2.05) is 0 Å². The van der Waals surface area contributed by atoms with Crippen LogP contribution in [0, 0.1) is 0 Å². The van der Waals surface area contributed by atoms with Gasteiger partial charge in [-0.3, -0.25) is 4.99 Å². The predicted octanol–water partition coefficient (Wildman–Crippen LogP) is 3.21. The summed E-state index contributed by atoms with van der Waals surface area (Å²) < 4.78 is 22.7. The van der Waals surface area contributed by atoms with Crippen LogP contribution < -0.4 is 5.14 Å². The van der Waals surface area contributed by atoms with E-state index in [4.69, 9.17) is 16.7 Å². The molecule has 0 bridgehead atoms. The molecule has 0 saturated carbocycles. The summed E-state index contributed by atoms with van der Waals surface area (Å²) in [5.41, 5.74) is 0.947. The van der Waals surface area contributed by atoms with Crippen LogP contribution in [0.1, 0.15) is 5.56 Å². The van der Waals surface area contributed by atoms with Crippen molar-refractivity contribution < 1.29 is 13.5 Å². The van der Waals surface area contributed by atoms with E-state index in [2.05, 4.69) is 20.9 Å². The Hall–Kier alpha value is -1.41. The molecule has 2 aromatic rings. The molecular formula is C13H10BrClN2O3S. The van der Waals surface area contributed by atoms with E-state index < -0.39 is 10.0 Å². The number of phenols is 1. The third kappa shape index (κ3) is 4.04. The van der Waals surface area contributed by atoms with E-state index in [0.717, 1.165) is 0 Å². The summed E-state index contributed by atoms with van der Waals surface area (Å²) >= 11 is 9.07. The molecule has 3 N–H and O–H groups in total. The van der Waals surface area contributed by atoms with E-state index in [0.29, 0.717) is 20.7 Å². The summed E-state index contributed by atoms with van der Waals surface area (Å²) in [5.74, 6) is 0.0179. The highest BCUT2D eigenvalue weighted by Crippen LogP contribution is 2.30. The number of phenolic OH excluding ortho intramolecular Hbond substituents is 1. The number of sulfonamides is 1. The number of rotatable bonds is 3. The molecule has 0 saturated heterocycles. The summed E-state index contributed by atoms with van der Waals surface area (Å²) in [7, 11) is -3.72. The summed E-state index contributed by atoms with van der Waals surface area (Å²) in [6.45, 7) is 0. The Morgan fingerprint density at radius 3 is 2.43 bits per heavy atom. The topological polar surface area (TPSA) is 92.8 Å². The van der Waals surface area contributed by atoms with Gasteiger partial charge in [0.25, 0.3) is 0 Å². The van der Waals surface area contributed by atoms with E-state index >= 15 is 0 Å². The second-order valence-electron chi connectivity index (χ2n) is 4.12. The van der Waals surface area contributed by atoms with Crippen molar-refractivity contribution >= 4 is 49.5 Å². The number of nitrogens with two attached hydrogens (primary N) is 1. The average molecular weight is 390 g/mol. The van der Waals surface area contributed by atoms with Gasteiger partial charge in [-0.15, -0.1) is 0 Å². The van der Waals surface area contributed by atoms with Crippen LogP contribution in [-0.2, 0) is 10.0 Å². The molecule has 110 valence electrons. The molecule has 0 amide bonds. The lowest BCUT2D eigenvalue weighted by Gasteiger charge is -2.03. The number of aromatic hydroxyl groups is 1. The van der Waals surface area contributed by atoms with Gasteiger partial charge in [-0.25, -0.2) is 13.6 Å². The quantitative estimate of drug-likeness (QED) is 0.789. The van der Waals surface area contributed by atoms with Gasteiger partial charge >= 0.3 is 0 Å². The first-order valence-electron chi connectivity index (χ1n) is 5.62. The SMILES string of the molecule is NS(=O)(=O)c1ccc(N=Cc2cc(Cl)cc(Br)c2O)cc1. The highest BCUT2D eigenvalue weighted by atomic mass is 79.9. The molecule has 0 heterocycles. The Kier molecular flexibility index (Phi) is 4.67. The van der Waals surface area contributed by atoms with Crippen molar-refractivity contribution in [3.05, 3.63) is 51.5 Å². The molecule has 8 heteroatoms. The van der Waals surface area contributed by atoms with Gasteiger partial charge in [0.15, 0.2) is 0 Å². The molecule has 5 nitrogen and oxygen atoms in total. The van der Waals surface area contributed by atoms with Gasteiger partial charge in [0.05, 0.1) is 15.1 Å². The van der Waals surface area contributed by atoms with Crippen molar-refractivity contribution in [3.63, 3.8) is 0 Å². The Bertz CT molecular complexity index is 805. The predicted molar refractivity (Wildman–Crippen MR) is 85.9 cm³/mol. The van der Waals surface area contributed by atoms with E-state index in [1.54, 1.807) is 12.1 Å². The lowest BCUT2D eigenvalue weighted by Crippen LogP contribution is -2.11. The highest BCUT2D eigenvalue weighted by Gasteiger charge is 2.07. The maximum Gasteiger partial charge on any atom is 0.238 e. The molecule has 0 atom stereocenters. The smallest absolute Gasteiger partial charge is 0.238 e.